The van der Waals surface area contributed by atoms with Crippen LogP contribution in [0.5, 0.6) is 0 Å². The summed E-state index contributed by atoms with van der Waals surface area (Å²) >= 11 is 0. The van der Waals surface area contributed by atoms with Gasteiger partial charge in [-0.25, -0.2) is 9.97 Å². The Bertz CT molecular complexity index is 1120. The van der Waals surface area contributed by atoms with Crippen molar-refractivity contribution in [3.63, 3.8) is 0 Å². The van der Waals surface area contributed by atoms with Crippen LogP contribution in [-0.2, 0) is 0 Å². The molecule has 0 unspecified atom stereocenters. The van der Waals surface area contributed by atoms with Crippen molar-refractivity contribution in [1.82, 2.24) is 9.97 Å². The van der Waals surface area contributed by atoms with Crippen molar-refractivity contribution < 1.29 is 0 Å². The van der Waals surface area contributed by atoms with Crippen LogP contribution in [0, 0.1) is 18.3 Å². The van der Waals surface area contributed by atoms with E-state index in [1.807, 2.05) is 67.6 Å². The molecule has 0 aliphatic heterocycles. The molecule has 3 heteroatoms. The number of aromatic nitrogens is 2. The normalized spacial score (nSPS) is 10.4. The van der Waals surface area contributed by atoms with Crippen LogP contribution in [0.1, 0.15) is 11.3 Å². The Hall–Kier alpha value is -3.77. The first-order valence-electron chi connectivity index (χ1n) is 8.75. The van der Waals surface area contributed by atoms with Gasteiger partial charge in [0, 0.05) is 16.8 Å². The average molecular weight is 347 g/mol. The maximum Gasteiger partial charge on any atom is 0.160 e. The molecule has 0 spiro atoms. The summed E-state index contributed by atoms with van der Waals surface area (Å²) in [6.07, 6.45) is 0. The minimum atomic E-state index is 0.663. The molecule has 1 heterocycles. The fourth-order valence-electron chi connectivity index (χ4n) is 3.03. The maximum absolute atomic E-state index is 9.08. The SMILES string of the molecule is Cc1cc(-c2ccc(-c3cccc(C#N)c3)cc2)nc(-c2ccccc2)n1. The highest BCUT2D eigenvalue weighted by atomic mass is 14.9. The van der Waals surface area contributed by atoms with Gasteiger partial charge in [0.1, 0.15) is 0 Å². The molecule has 1 aromatic heterocycles. The van der Waals surface area contributed by atoms with Crippen LogP contribution in [0.4, 0.5) is 0 Å². The lowest BCUT2D eigenvalue weighted by atomic mass is 10.0. The van der Waals surface area contributed by atoms with Gasteiger partial charge in [0.25, 0.3) is 0 Å². The zero-order valence-corrected chi connectivity index (χ0v) is 14.9. The van der Waals surface area contributed by atoms with Gasteiger partial charge in [-0.2, -0.15) is 5.26 Å². The highest BCUT2D eigenvalue weighted by Crippen LogP contribution is 2.26. The van der Waals surface area contributed by atoms with Crippen LogP contribution < -0.4 is 0 Å². The van der Waals surface area contributed by atoms with Crippen molar-refractivity contribution in [2.24, 2.45) is 0 Å². The van der Waals surface area contributed by atoms with Gasteiger partial charge in [0.15, 0.2) is 5.82 Å². The molecule has 0 bridgehead atoms. The van der Waals surface area contributed by atoms with E-state index in [-0.39, 0.29) is 0 Å². The average Bonchev–Trinajstić information content (AvgIpc) is 2.74. The summed E-state index contributed by atoms with van der Waals surface area (Å²) in [4.78, 5) is 9.32. The monoisotopic (exact) mass is 347 g/mol. The van der Waals surface area contributed by atoms with Crippen molar-refractivity contribution in [3.05, 3.63) is 96.2 Å². The molecule has 4 rings (SSSR count). The van der Waals surface area contributed by atoms with E-state index in [1.54, 1.807) is 0 Å². The van der Waals surface area contributed by atoms with E-state index in [0.717, 1.165) is 39.5 Å². The molecule has 0 aliphatic carbocycles. The number of hydrogen-bond donors (Lipinski definition) is 0. The van der Waals surface area contributed by atoms with Gasteiger partial charge in [-0.1, -0.05) is 66.7 Å². The molecular formula is C24H17N3. The second-order valence-electron chi connectivity index (χ2n) is 6.35. The molecule has 0 atom stereocenters. The number of nitrogens with zero attached hydrogens (tertiary/aromatic N) is 3. The van der Waals surface area contributed by atoms with Crippen LogP contribution in [0.2, 0.25) is 0 Å². The van der Waals surface area contributed by atoms with E-state index < -0.39 is 0 Å². The fraction of sp³-hybridized carbons (Fsp3) is 0.0417. The van der Waals surface area contributed by atoms with Gasteiger partial charge >= 0.3 is 0 Å². The maximum atomic E-state index is 9.08. The van der Waals surface area contributed by atoms with Crippen molar-refractivity contribution in [2.75, 3.05) is 0 Å². The molecule has 3 aromatic carbocycles. The Morgan fingerprint density at radius 3 is 2.11 bits per heavy atom. The van der Waals surface area contributed by atoms with E-state index in [4.69, 9.17) is 10.2 Å². The van der Waals surface area contributed by atoms with E-state index >= 15 is 0 Å². The summed E-state index contributed by atoms with van der Waals surface area (Å²) in [5.41, 5.74) is 6.65. The van der Waals surface area contributed by atoms with Crippen molar-refractivity contribution in [1.29, 1.82) is 5.26 Å². The molecule has 0 amide bonds. The summed E-state index contributed by atoms with van der Waals surface area (Å²) in [5.74, 6) is 0.733. The quantitative estimate of drug-likeness (QED) is 0.480. The second-order valence-corrected chi connectivity index (χ2v) is 6.35. The Morgan fingerprint density at radius 1 is 0.667 bits per heavy atom. The Morgan fingerprint density at radius 2 is 1.37 bits per heavy atom. The molecule has 27 heavy (non-hydrogen) atoms. The molecule has 0 saturated carbocycles. The number of nitriles is 1. The summed E-state index contributed by atoms with van der Waals surface area (Å²) in [7, 11) is 0. The van der Waals surface area contributed by atoms with Crippen molar-refractivity contribution in [3.8, 4) is 39.8 Å². The van der Waals surface area contributed by atoms with Crippen LogP contribution in [-0.4, -0.2) is 9.97 Å². The summed E-state index contributed by atoms with van der Waals surface area (Å²) < 4.78 is 0. The van der Waals surface area contributed by atoms with E-state index in [2.05, 4.69) is 35.3 Å². The largest absolute Gasteiger partial charge is 0.233 e. The summed E-state index contributed by atoms with van der Waals surface area (Å²) in [6.45, 7) is 1.99. The van der Waals surface area contributed by atoms with Crippen molar-refractivity contribution >= 4 is 0 Å². The van der Waals surface area contributed by atoms with E-state index in [9.17, 15) is 0 Å². The summed E-state index contributed by atoms with van der Waals surface area (Å²) in [6, 6.07) is 30.1. The number of benzene rings is 3. The molecule has 0 fully saturated rings. The lowest BCUT2D eigenvalue weighted by molar-refractivity contribution is 1.11. The molecule has 128 valence electrons. The fourth-order valence-corrected chi connectivity index (χ4v) is 3.03. The Labute approximate surface area is 158 Å². The lowest BCUT2D eigenvalue weighted by Crippen LogP contribution is -1.95. The predicted octanol–water partition coefficient (Wildman–Crippen LogP) is 5.66. The van der Waals surface area contributed by atoms with Gasteiger partial charge < -0.3 is 0 Å². The van der Waals surface area contributed by atoms with Gasteiger partial charge in [-0.15, -0.1) is 0 Å². The topological polar surface area (TPSA) is 49.6 Å². The first-order chi connectivity index (χ1) is 13.2. The molecule has 0 N–H and O–H groups in total. The van der Waals surface area contributed by atoms with Gasteiger partial charge in [0.2, 0.25) is 0 Å². The third-order valence-electron chi connectivity index (χ3n) is 4.39. The Balaban J connectivity index is 1.70. The zero-order valence-electron chi connectivity index (χ0n) is 14.9. The molecular weight excluding hydrogens is 330 g/mol. The Kier molecular flexibility index (Phi) is 4.47. The van der Waals surface area contributed by atoms with E-state index in [1.165, 1.54) is 0 Å². The standard InChI is InChI=1S/C24H17N3/c1-17-14-23(27-24(26-17)21-7-3-2-4-8-21)20-12-10-19(11-13-20)22-9-5-6-18(15-22)16-25/h2-15H,1H3. The highest BCUT2D eigenvalue weighted by molar-refractivity contribution is 5.70. The molecule has 0 radical (unpaired) electrons. The van der Waals surface area contributed by atoms with Crippen LogP contribution >= 0.6 is 0 Å². The molecule has 4 aromatic rings. The molecule has 0 saturated heterocycles. The third kappa shape index (κ3) is 3.61. The number of hydrogen-bond acceptors (Lipinski definition) is 3. The van der Waals surface area contributed by atoms with Crippen molar-refractivity contribution in [2.45, 2.75) is 6.92 Å². The minimum Gasteiger partial charge on any atom is -0.233 e. The molecule has 3 nitrogen and oxygen atoms in total. The summed E-state index contributed by atoms with van der Waals surface area (Å²) in [5, 5.41) is 9.08. The van der Waals surface area contributed by atoms with Crippen LogP contribution in [0.3, 0.4) is 0 Å². The van der Waals surface area contributed by atoms with Gasteiger partial charge in [-0.05, 0) is 36.2 Å². The first-order valence-corrected chi connectivity index (χ1v) is 8.75. The first kappa shape index (κ1) is 16.7. The highest BCUT2D eigenvalue weighted by Gasteiger charge is 2.07. The van der Waals surface area contributed by atoms with Gasteiger partial charge in [0.05, 0.1) is 17.3 Å². The number of rotatable bonds is 3. The smallest absolute Gasteiger partial charge is 0.160 e. The zero-order chi connectivity index (χ0) is 18.6. The molecule has 0 aliphatic rings. The predicted molar refractivity (Wildman–Crippen MR) is 108 cm³/mol. The minimum absolute atomic E-state index is 0.663. The van der Waals surface area contributed by atoms with E-state index in [0.29, 0.717) is 5.56 Å². The van der Waals surface area contributed by atoms with Crippen LogP contribution in [0.15, 0.2) is 84.9 Å². The second kappa shape index (κ2) is 7.23. The van der Waals surface area contributed by atoms with Gasteiger partial charge in [-0.3, -0.25) is 0 Å². The third-order valence-corrected chi connectivity index (χ3v) is 4.39. The lowest BCUT2D eigenvalue weighted by Gasteiger charge is -2.08. The number of aryl methyl sites for hydroxylation is 1. The van der Waals surface area contributed by atoms with Crippen LogP contribution in [0.25, 0.3) is 33.8 Å².